The van der Waals surface area contributed by atoms with Crippen LogP contribution in [-0.2, 0) is 16.6 Å². The predicted octanol–water partition coefficient (Wildman–Crippen LogP) is 4.62. The first-order valence-corrected chi connectivity index (χ1v) is 14.0. The number of aryl methyl sites for hydroxylation is 1. The SMILES string of the molecule is CC(N)C(=O)N1CCC(C(Nc2cc(-c3ccc4ccn(C)c4c3)c3nccnc3c2)c2cccnc2)CC1.O=CO. The van der Waals surface area contributed by atoms with Gasteiger partial charge < -0.3 is 25.6 Å². The molecule has 4 heterocycles. The van der Waals surface area contributed by atoms with Crippen molar-refractivity contribution in [3.05, 3.63) is 85.1 Å². The zero-order valence-electron chi connectivity index (χ0n) is 23.7. The van der Waals surface area contributed by atoms with Crippen LogP contribution in [0, 0.1) is 5.92 Å². The summed E-state index contributed by atoms with van der Waals surface area (Å²) in [4.78, 5) is 36.5. The number of aromatic nitrogens is 4. The normalized spacial score (nSPS) is 15.1. The number of hydrogen-bond acceptors (Lipinski definition) is 7. The number of nitrogens with two attached hydrogens (primary N) is 1. The highest BCUT2D eigenvalue weighted by molar-refractivity contribution is 5.97. The molecule has 0 saturated carbocycles. The molecule has 1 amide bonds. The van der Waals surface area contributed by atoms with Gasteiger partial charge in [0.1, 0.15) is 0 Å². The standard InChI is InChI=1S/C31H33N7O.CH2O2/c1-20(32)31(39)38-14-8-22(9-15-38)29(24-4-3-10-33-19-24)36-25-17-26(30-27(18-25)34-11-12-35-30)23-6-5-21-7-13-37(2)28(21)16-23;2-1-3/h3-7,10-13,16-20,22,29,36H,8-9,14-15,32H2,1-2H3;1H,(H,2,3). The van der Waals surface area contributed by atoms with Gasteiger partial charge in [0.2, 0.25) is 5.91 Å². The summed E-state index contributed by atoms with van der Waals surface area (Å²) in [6.07, 6.45) is 11.1. The Morgan fingerprint density at radius 2 is 1.86 bits per heavy atom. The minimum atomic E-state index is -0.472. The fourth-order valence-corrected chi connectivity index (χ4v) is 5.76. The van der Waals surface area contributed by atoms with Gasteiger partial charge in [0.15, 0.2) is 0 Å². The van der Waals surface area contributed by atoms with Crippen LogP contribution in [0.25, 0.3) is 33.1 Å². The first-order valence-electron chi connectivity index (χ1n) is 14.0. The first kappa shape index (κ1) is 28.7. The average Bonchev–Trinajstić information content (AvgIpc) is 3.39. The van der Waals surface area contributed by atoms with Crippen molar-refractivity contribution in [3.63, 3.8) is 0 Å². The highest BCUT2D eigenvalue weighted by atomic mass is 16.3. The Labute approximate surface area is 244 Å². The number of hydrogen-bond donors (Lipinski definition) is 3. The molecular weight excluding hydrogens is 530 g/mol. The van der Waals surface area contributed by atoms with E-state index in [1.807, 2.05) is 17.2 Å². The van der Waals surface area contributed by atoms with Crippen molar-refractivity contribution in [1.29, 1.82) is 0 Å². The van der Waals surface area contributed by atoms with Gasteiger partial charge in [-0.15, -0.1) is 0 Å². The maximum absolute atomic E-state index is 12.5. The number of carboxylic acid groups (broad SMARTS) is 1. The Morgan fingerprint density at radius 3 is 2.57 bits per heavy atom. The van der Waals surface area contributed by atoms with E-state index in [-0.39, 0.29) is 18.4 Å². The van der Waals surface area contributed by atoms with Crippen LogP contribution in [0.3, 0.4) is 0 Å². The van der Waals surface area contributed by atoms with E-state index in [9.17, 15) is 4.79 Å². The molecule has 10 heteroatoms. The lowest BCUT2D eigenvalue weighted by Crippen LogP contribution is -2.46. The van der Waals surface area contributed by atoms with Gasteiger partial charge in [-0.25, -0.2) is 0 Å². The molecule has 5 aromatic rings. The second-order valence-electron chi connectivity index (χ2n) is 10.6. The van der Waals surface area contributed by atoms with Crippen molar-refractivity contribution in [2.75, 3.05) is 18.4 Å². The van der Waals surface area contributed by atoms with Crippen LogP contribution in [-0.4, -0.2) is 61.0 Å². The highest BCUT2D eigenvalue weighted by Gasteiger charge is 2.30. The van der Waals surface area contributed by atoms with Crippen molar-refractivity contribution in [1.82, 2.24) is 24.4 Å². The molecule has 0 radical (unpaired) electrons. The van der Waals surface area contributed by atoms with Crippen molar-refractivity contribution in [3.8, 4) is 11.1 Å². The fourth-order valence-electron chi connectivity index (χ4n) is 5.76. The second kappa shape index (κ2) is 12.8. The molecule has 1 aliphatic rings. The van der Waals surface area contributed by atoms with Gasteiger partial charge in [-0.05, 0) is 72.5 Å². The molecule has 2 unspecified atom stereocenters. The first-order chi connectivity index (χ1) is 20.4. The molecule has 1 aliphatic heterocycles. The quantitative estimate of drug-likeness (QED) is 0.254. The fraction of sp³-hybridized carbons (Fsp3) is 0.281. The molecule has 2 atom stereocenters. The summed E-state index contributed by atoms with van der Waals surface area (Å²) in [6.45, 7) is 2.91. The van der Waals surface area contributed by atoms with Crippen LogP contribution in [0.15, 0.2) is 79.5 Å². The zero-order valence-corrected chi connectivity index (χ0v) is 23.7. The summed E-state index contributed by atoms with van der Waals surface area (Å²) in [7, 11) is 2.06. The number of piperidine rings is 1. The minimum absolute atomic E-state index is 0.0206. The molecule has 6 rings (SSSR count). The highest BCUT2D eigenvalue weighted by Crippen LogP contribution is 2.37. The van der Waals surface area contributed by atoms with E-state index in [0.29, 0.717) is 19.0 Å². The smallest absolute Gasteiger partial charge is 0.290 e. The number of carbonyl (C=O) groups excluding carboxylic acids is 1. The summed E-state index contributed by atoms with van der Waals surface area (Å²) < 4.78 is 2.13. The van der Waals surface area contributed by atoms with Crippen LogP contribution < -0.4 is 11.1 Å². The maximum atomic E-state index is 12.5. The predicted molar refractivity (Wildman–Crippen MR) is 164 cm³/mol. The Kier molecular flexibility index (Phi) is 8.73. The number of benzene rings is 2. The van der Waals surface area contributed by atoms with Crippen molar-refractivity contribution in [2.24, 2.45) is 18.7 Å². The Hall–Kier alpha value is -4.83. The molecule has 4 N–H and O–H groups in total. The molecule has 0 spiro atoms. The number of amides is 1. The summed E-state index contributed by atoms with van der Waals surface area (Å²) >= 11 is 0. The van der Waals surface area contributed by atoms with E-state index in [0.717, 1.165) is 46.3 Å². The number of pyridine rings is 1. The third kappa shape index (κ3) is 6.08. The topological polar surface area (TPSA) is 139 Å². The van der Waals surface area contributed by atoms with E-state index in [4.69, 9.17) is 20.6 Å². The van der Waals surface area contributed by atoms with E-state index in [2.05, 4.69) is 75.6 Å². The van der Waals surface area contributed by atoms with E-state index in [1.165, 1.54) is 10.9 Å². The molecule has 0 bridgehead atoms. The number of rotatable bonds is 6. The maximum Gasteiger partial charge on any atom is 0.290 e. The van der Waals surface area contributed by atoms with Crippen LogP contribution in [0.1, 0.15) is 31.4 Å². The number of nitrogens with zero attached hydrogens (tertiary/aromatic N) is 5. The molecule has 42 heavy (non-hydrogen) atoms. The zero-order chi connectivity index (χ0) is 29.6. The Bertz CT molecular complexity index is 1680. The van der Waals surface area contributed by atoms with E-state index in [1.54, 1.807) is 25.5 Å². The van der Waals surface area contributed by atoms with Crippen molar-refractivity contribution < 1.29 is 14.7 Å². The lowest BCUT2D eigenvalue weighted by Gasteiger charge is -2.37. The average molecular weight is 566 g/mol. The number of likely N-dealkylation sites (tertiary alicyclic amines) is 1. The van der Waals surface area contributed by atoms with Crippen molar-refractivity contribution in [2.45, 2.75) is 31.8 Å². The lowest BCUT2D eigenvalue weighted by atomic mass is 9.85. The van der Waals surface area contributed by atoms with Gasteiger partial charge in [-0.2, -0.15) is 0 Å². The molecule has 10 nitrogen and oxygen atoms in total. The van der Waals surface area contributed by atoms with Crippen LogP contribution in [0.2, 0.25) is 0 Å². The van der Waals surface area contributed by atoms with E-state index < -0.39 is 6.04 Å². The molecule has 1 saturated heterocycles. The lowest BCUT2D eigenvalue weighted by molar-refractivity contribution is -0.133. The molecule has 0 aliphatic carbocycles. The van der Waals surface area contributed by atoms with Gasteiger partial charge in [0, 0.05) is 67.9 Å². The minimum Gasteiger partial charge on any atom is -0.483 e. The summed E-state index contributed by atoms with van der Waals surface area (Å²) in [5, 5.41) is 11.9. The number of carbonyl (C=O) groups is 2. The third-order valence-corrected chi connectivity index (χ3v) is 7.85. The molecule has 3 aromatic heterocycles. The van der Waals surface area contributed by atoms with Crippen molar-refractivity contribution >= 4 is 40.0 Å². The van der Waals surface area contributed by atoms with Crippen LogP contribution in [0.4, 0.5) is 5.69 Å². The summed E-state index contributed by atoms with van der Waals surface area (Å²) in [6, 6.07) is 16.6. The van der Waals surface area contributed by atoms with Crippen LogP contribution in [0.5, 0.6) is 0 Å². The van der Waals surface area contributed by atoms with Gasteiger partial charge in [0.25, 0.3) is 6.47 Å². The Balaban J connectivity index is 0.00000113. The monoisotopic (exact) mass is 565 g/mol. The molecule has 2 aromatic carbocycles. The van der Waals surface area contributed by atoms with Gasteiger partial charge >= 0.3 is 0 Å². The number of anilines is 1. The second-order valence-corrected chi connectivity index (χ2v) is 10.6. The molecular formula is C32H35N7O3. The van der Waals surface area contributed by atoms with Gasteiger partial charge in [0.05, 0.1) is 23.1 Å². The molecule has 1 fully saturated rings. The largest absolute Gasteiger partial charge is 0.483 e. The Morgan fingerprint density at radius 1 is 1.10 bits per heavy atom. The van der Waals surface area contributed by atoms with Gasteiger partial charge in [-0.3, -0.25) is 24.5 Å². The summed E-state index contributed by atoms with van der Waals surface area (Å²) in [5.74, 6) is 0.347. The molecule has 216 valence electrons. The third-order valence-electron chi connectivity index (χ3n) is 7.85. The number of fused-ring (bicyclic) bond motifs is 2. The van der Waals surface area contributed by atoms with Crippen LogP contribution >= 0.6 is 0 Å². The van der Waals surface area contributed by atoms with Gasteiger partial charge in [-0.1, -0.05) is 18.2 Å². The number of nitrogens with one attached hydrogen (secondary N) is 1. The van der Waals surface area contributed by atoms with E-state index >= 15 is 0 Å². The summed E-state index contributed by atoms with van der Waals surface area (Å²) in [5.41, 5.74) is 13.0.